The Labute approximate surface area is 106 Å². The molecule has 0 radical (unpaired) electrons. The van der Waals surface area contributed by atoms with Crippen molar-refractivity contribution in [2.45, 2.75) is 20.3 Å². The Kier molecular flexibility index (Phi) is 3.04. The fourth-order valence-corrected chi connectivity index (χ4v) is 2.23. The monoisotopic (exact) mass is 252 g/mol. The lowest BCUT2D eigenvalue weighted by Crippen LogP contribution is -2.26. The quantitative estimate of drug-likeness (QED) is 0.813. The Bertz CT molecular complexity index is 436. The normalized spacial score (nSPS) is 21.0. The average Bonchev–Trinajstić information content (AvgIpc) is 2.81. The van der Waals surface area contributed by atoms with E-state index in [4.69, 9.17) is 17.3 Å². The van der Waals surface area contributed by atoms with E-state index < -0.39 is 0 Å². The number of halogens is 1. The molecule has 0 spiro atoms. The van der Waals surface area contributed by atoms with Gasteiger partial charge in [-0.3, -0.25) is 4.79 Å². The van der Waals surface area contributed by atoms with Gasteiger partial charge in [-0.15, -0.1) is 0 Å². The predicted octanol–water partition coefficient (Wildman–Crippen LogP) is 2.70. The van der Waals surface area contributed by atoms with Crippen molar-refractivity contribution in [1.29, 1.82) is 0 Å². The Morgan fingerprint density at radius 3 is 2.71 bits per heavy atom. The van der Waals surface area contributed by atoms with Crippen LogP contribution in [-0.2, 0) is 0 Å². The third-order valence-electron chi connectivity index (χ3n) is 3.41. The van der Waals surface area contributed by atoms with Gasteiger partial charge in [-0.1, -0.05) is 25.4 Å². The van der Waals surface area contributed by atoms with Gasteiger partial charge in [0.2, 0.25) is 0 Å². The highest BCUT2D eigenvalue weighted by molar-refractivity contribution is 6.31. The van der Waals surface area contributed by atoms with Crippen LogP contribution in [0.2, 0.25) is 5.02 Å². The Morgan fingerprint density at radius 2 is 2.18 bits per heavy atom. The molecule has 1 saturated carbocycles. The zero-order valence-corrected chi connectivity index (χ0v) is 10.8. The Morgan fingerprint density at radius 1 is 1.53 bits per heavy atom. The summed E-state index contributed by atoms with van der Waals surface area (Å²) in [6.45, 7) is 5.14. The lowest BCUT2D eigenvalue weighted by Gasteiger charge is -2.07. The summed E-state index contributed by atoms with van der Waals surface area (Å²) in [6.07, 6.45) is 1.17. The van der Waals surface area contributed by atoms with Crippen molar-refractivity contribution in [1.82, 2.24) is 5.32 Å². The summed E-state index contributed by atoms with van der Waals surface area (Å²) >= 11 is 5.85. The van der Waals surface area contributed by atoms with Gasteiger partial charge in [0.05, 0.1) is 0 Å². The highest BCUT2D eigenvalue weighted by Gasteiger charge is 2.45. The van der Waals surface area contributed by atoms with Crippen molar-refractivity contribution in [3.8, 4) is 0 Å². The molecule has 0 bridgehead atoms. The first-order chi connectivity index (χ1) is 7.88. The van der Waals surface area contributed by atoms with Gasteiger partial charge in [0.25, 0.3) is 5.91 Å². The molecule has 17 heavy (non-hydrogen) atoms. The van der Waals surface area contributed by atoms with Gasteiger partial charge < -0.3 is 11.1 Å². The van der Waals surface area contributed by atoms with E-state index in [-0.39, 0.29) is 5.91 Å². The van der Waals surface area contributed by atoms with Gasteiger partial charge in [-0.05, 0) is 36.0 Å². The first kappa shape index (κ1) is 12.2. The molecule has 1 fully saturated rings. The second-order valence-electron chi connectivity index (χ2n) is 5.37. The number of hydrogen-bond donors (Lipinski definition) is 2. The van der Waals surface area contributed by atoms with Crippen LogP contribution >= 0.6 is 11.6 Å². The number of amides is 1. The molecule has 1 amide bonds. The minimum absolute atomic E-state index is 0.109. The lowest BCUT2D eigenvalue weighted by atomic mass is 10.1. The van der Waals surface area contributed by atoms with Crippen LogP contribution in [0.25, 0.3) is 0 Å². The first-order valence-corrected chi connectivity index (χ1v) is 6.10. The van der Waals surface area contributed by atoms with Crippen LogP contribution in [0.1, 0.15) is 30.6 Å². The predicted molar refractivity (Wildman–Crippen MR) is 70.1 cm³/mol. The summed E-state index contributed by atoms with van der Waals surface area (Å²) in [7, 11) is 0. The summed E-state index contributed by atoms with van der Waals surface area (Å²) in [5, 5.41) is 3.41. The fraction of sp³-hybridized carbons (Fsp3) is 0.462. The third-order valence-corrected chi connectivity index (χ3v) is 3.63. The zero-order chi connectivity index (χ0) is 12.6. The number of carbonyl (C=O) groups is 1. The standard InChI is InChI=1S/C13H17ClN2O/c1-13(2)6-9(13)7-16-12(17)8-3-10(14)5-11(15)4-8/h3-5,9H,6-7,15H2,1-2H3,(H,16,17). The maximum atomic E-state index is 11.9. The first-order valence-electron chi connectivity index (χ1n) is 5.73. The van der Waals surface area contributed by atoms with E-state index in [1.54, 1.807) is 18.2 Å². The molecular weight excluding hydrogens is 236 g/mol. The fourth-order valence-electron chi connectivity index (χ4n) is 1.99. The highest BCUT2D eigenvalue weighted by Crippen LogP contribution is 2.50. The molecule has 0 aliphatic heterocycles. The van der Waals surface area contributed by atoms with Gasteiger partial charge in [0, 0.05) is 22.8 Å². The van der Waals surface area contributed by atoms with E-state index in [1.165, 1.54) is 6.42 Å². The highest BCUT2D eigenvalue weighted by atomic mass is 35.5. The van der Waals surface area contributed by atoms with Crippen molar-refractivity contribution < 1.29 is 4.79 Å². The van der Waals surface area contributed by atoms with Crippen LogP contribution in [0.15, 0.2) is 18.2 Å². The molecule has 0 saturated heterocycles. The van der Waals surface area contributed by atoms with Crippen molar-refractivity contribution in [2.24, 2.45) is 11.3 Å². The number of rotatable bonds is 3. The number of anilines is 1. The minimum Gasteiger partial charge on any atom is -0.399 e. The lowest BCUT2D eigenvalue weighted by molar-refractivity contribution is 0.0950. The summed E-state index contributed by atoms with van der Waals surface area (Å²) in [5.41, 5.74) is 7.05. The van der Waals surface area contributed by atoms with Crippen LogP contribution in [0.3, 0.4) is 0 Å². The second kappa shape index (κ2) is 4.22. The van der Waals surface area contributed by atoms with Crippen molar-refractivity contribution in [2.75, 3.05) is 12.3 Å². The van der Waals surface area contributed by atoms with Gasteiger partial charge in [0.1, 0.15) is 0 Å². The molecule has 0 heterocycles. The van der Waals surface area contributed by atoms with Crippen LogP contribution < -0.4 is 11.1 Å². The smallest absolute Gasteiger partial charge is 0.251 e. The Balaban J connectivity index is 1.95. The summed E-state index contributed by atoms with van der Waals surface area (Å²) in [6, 6.07) is 4.90. The number of carbonyl (C=O) groups excluding carboxylic acids is 1. The number of hydrogen-bond acceptors (Lipinski definition) is 2. The largest absolute Gasteiger partial charge is 0.399 e. The van der Waals surface area contributed by atoms with Gasteiger partial charge in [-0.25, -0.2) is 0 Å². The maximum absolute atomic E-state index is 11.9. The van der Waals surface area contributed by atoms with E-state index in [0.717, 1.165) is 6.54 Å². The molecule has 3 N–H and O–H groups in total. The molecule has 2 rings (SSSR count). The molecule has 1 aromatic rings. The van der Waals surface area contributed by atoms with E-state index in [0.29, 0.717) is 27.6 Å². The van der Waals surface area contributed by atoms with E-state index in [9.17, 15) is 4.79 Å². The van der Waals surface area contributed by atoms with Crippen molar-refractivity contribution in [3.63, 3.8) is 0 Å². The molecule has 1 aliphatic rings. The number of nitrogens with one attached hydrogen (secondary N) is 1. The third kappa shape index (κ3) is 2.91. The van der Waals surface area contributed by atoms with Gasteiger partial charge in [0.15, 0.2) is 0 Å². The van der Waals surface area contributed by atoms with E-state index in [1.807, 2.05) is 0 Å². The zero-order valence-electron chi connectivity index (χ0n) is 10.1. The molecule has 0 aromatic heterocycles. The average molecular weight is 253 g/mol. The maximum Gasteiger partial charge on any atom is 0.251 e. The Hall–Kier alpha value is -1.22. The molecule has 1 aromatic carbocycles. The van der Waals surface area contributed by atoms with Crippen LogP contribution in [0, 0.1) is 11.3 Å². The van der Waals surface area contributed by atoms with Crippen molar-refractivity contribution in [3.05, 3.63) is 28.8 Å². The van der Waals surface area contributed by atoms with Gasteiger partial charge >= 0.3 is 0 Å². The number of benzene rings is 1. The minimum atomic E-state index is -0.109. The molecule has 1 unspecified atom stereocenters. The summed E-state index contributed by atoms with van der Waals surface area (Å²) in [4.78, 5) is 11.9. The SMILES string of the molecule is CC1(C)CC1CNC(=O)c1cc(N)cc(Cl)c1. The van der Waals surface area contributed by atoms with Crippen LogP contribution in [0.4, 0.5) is 5.69 Å². The van der Waals surface area contributed by atoms with E-state index in [2.05, 4.69) is 19.2 Å². The summed E-state index contributed by atoms with van der Waals surface area (Å²) in [5.74, 6) is 0.477. The molecule has 1 aliphatic carbocycles. The number of nitrogens with two attached hydrogens (primary N) is 1. The van der Waals surface area contributed by atoms with Crippen molar-refractivity contribution >= 4 is 23.2 Å². The van der Waals surface area contributed by atoms with E-state index >= 15 is 0 Å². The second-order valence-corrected chi connectivity index (χ2v) is 5.81. The molecule has 3 nitrogen and oxygen atoms in total. The van der Waals surface area contributed by atoms with Crippen LogP contribution in [0.5, 0.6) is 0 Å². The van der Waals surface area contributed by atoms with Crippen LogP contribution in [-0.4, -0.2) is 12.5 Å². The molecular formula is C13H17ClN2O. The van der Waals surface area contributed by atoms with Gasteiger partial charge in [-0.2, -0.15) is 0 Å². The number of nitrogen functional groups attached to an aromatic ring is 1. The summed E-state index contributed by atoms with van der Waals surface area (Å²) < 4.78 is 0. The topological polar surface area (TPSA) is 55.1 Å². The molecule has 1 atom stereocenters. The molecule has 4 heteroatoms. The molecule has 92 valence electrons.